The number of halogens is 3. The van der Waals surface area contributed by atoms with Crippen LogP contribution >= 0.6 is 0 Å². The van der Waals surface area contributed by atoms with E-state index in [1.54, 1.807) is 27.7 Å². The maximum absolute atomic E-state index is 14.4. The second-order valence-electron chi connectivity index (χ2n) is 7.75. The first-order chi connectivity index (χ1) is 12.9. The molecule has 28 heavy (non-hydrogen) atoms. The fourth-order valence-corrected chi connectivity index (χ4v) is 3.88. The summed E-state index contributed by atoms with van der Waals surface area (Å²) in [6.07, 6.45) is 1.51. The van der Waals surface area contributed by atoms with Crippen LogP contribution in [-0.2, 0) is 9.53 Å². The topological polar surface area (TPSA) is 66.8 Å². The molecule has 5 nitrogen and oxygen atoms in total. The van der Waals surface area contributed by atoms with Crippen molar-refractivity contribution in [2.24, 2.45) is 5.41 Å². The van der Waals surface area contributed by atoms with Gasteiger partial charge in [0, 0.05) is 23.8 Å². The van der Waals surface area contributed by atoms with Gasteiger partial charge < -0.3 is 9.84 Å². The Hall–Kier alpha value is -2.51. The van der Waals surface area contributed by atoms with Gasteiger partial charge in [-0.3, -0.25) is 4.90 Å². The van der Waals surface area contributed by atoms with Crippen LogP contribution < -0.4 is 0 Å². The number of hydrogen-bond acceptors (Lipinski definition) is 3. The van der Waals surface area contributed by atoms with E-state index in [9.17, 15) is 27.9 Å². The van der Waals surface area contributed by atoms with Gasteiger partial charge in [0.1, 0.15) is 17.5 Å². The summed E-state index contributed by atoms with van der Waals surface area (Å²) in [4.78, 5) is 24.9. The Balaban J connectivity index is 2.60. The minimum atomic E-state index is -1.39. The molecule has 1 N–H and O–H groups in total. The summed E-state index contributed by atoms with van der Waals surface area (Å²) in [6.45, 7) is 7.12. The average molecular weight is 399 g/mol. The van der Waals surface area contributed by atoms with E-state index in [0.717, 1.165) is 11.0 Å². The van der Waals surface area contributed by atoms with Crippen LogP contribution in [0.25, 0.3) is 0 Å². The number of nitrogens with zero attached hydrogens (tertiary/aromatic N) is 1. The van der Waals surface area contributed by atoms with Crippen LogP contribution in [0.3, 0.4) is 0 Å². The molecule has 2 rings (SSSR count). The second-order valence-corrected chi connectivity index (χ2v) is 7.75. The average Bonchev–Trinajstić information content (AvgIpc) is 2.92. The summed E-state index contributed by atoms with van der Waals surface area (Å²) in [5.41, 5.74) is -2.43. The molecule has 1 aromatic carbocycles. The van der Waals surface area contributed by atoms with Gasteiger partial charge in [-0.15, -0.1) is 0 Å². The second kappa shape index (κ2) is 7.85. The number of rotatable bonds is 4. The molecule has 0 aromatic heterocycles. The summed E-state index contributed by atoms with van der Waals surface area (Å²) < 4.78 is 46.9. The number of hydrogen-bond donors (Lipinski definition) is 1. The maximum atomic E-state index is 14.4. The van der Waals surface area contributed by atoms with Crippen LogP contribution in [0.5, 0.6) is 0 Å². The molecule has 1 aromatic rings. The monoisotopic (exact) mass is 399 g/mol. The number of likely N-dealkylation sites (tertiary alicyclic amines) is 1. The van der Waals surface area contributed by atoms with E-state index in [1.807, 2.05) is 0 Å². The van der Waals surface area contributed by atoms with Crippen LogP contribution in [0.2, 0.25) is 0 Å². The van der Waals surface area contributed by atoms with Crippen LogP contribution in [0.1, 0.15) is 52.1 Å². The highest BCUT2D eigenvalue weighted by Gasteiger charge is 2.55. The molecule has 0 spiro atoms. The number of benzene rings is 1. The molecule has 1 saturated heterocycles. The van der Waals surface area contributed by atoms with Crippen LogP contribution in [0.15, 0.2) is 24.3 Å². The van der Waals surface area contributed by atoms with E-state index in [1.165, 1.54) is 6.08 Å². The van der Waals surface area contributed by atoms with Gasteiger partial charge in [0.15, 0.2) is 0 Å². The van der Waals surface area contributed by atoms with E-state index in [2.05, 4.69) is 0 Å². The van der Waals surface area contributed by atoms with Gasteiger partial charge in [-0.2, -0.15) is 0 Å². The zero-order valence-corrected chi connectivity index (χ0v) is 16.3. The summed E-state index contributed by atoms with van der Waals surface area (Å²) >= 11 is 0. The van der Waals surface area contributed by atoms with Crippen molar-refractivity contribution in [2.45, 2.75) is 52.1 Å². The van der Waals surface area contributed by atoms with E-state index in [0.29, 0.717) is 12.1 Å². The van der Waals surface area contributed by atoms with E-state index in [-0.39, 0.29) is 19.4 Å². The zero-order chi connectivity index (χ0) is 21.3. The first-order valence-electron chi connectivity index (χ1n) is 8.97. The number of carboxylic acid groups (broad SMARTS) is 1. The molecular weight excluding hydrogens is 375 g/mol. The Morgan fingerprint density at radius 2 is 1.86 bits per heavy atom. The summed E-state index contributed by atoms with van der Waals surface area (Å²) in [6, 6.07) is -0.0993. The van der Waals surface area contributed by atoms with Gasteiger partial charge in [-0.05, 0) is 25.2 Å². The van der Waals surface area contributed by atoms with Gasteiger partial charge >= 0.3 is 12.1 Å². The molecule has 0 bridgehead atoms. The highest BCUT2D eigenvalue weighted by molar-refractivity contribution is 5.82. The van der Waals surface area contributed by atoms with Crippen molar-refractivity contribution in [1.82, 2.24) is 4.90 Å². The molecule has 0 unspecified atom stereocenters. The fourth-order valence-electron chi connectivity index (χ4n) is 3.88. The number of esters is 1. The Morgan fingerprint density at radius 3 is 2.32 bits per heavy atom. The third-order valence-electron chi connectivity index (χ3n) is 5.20. The Bertz CT molecular complexity index is 780. The highest BCUT2D eigenvalue weighted by atomic mass is 19.1. The predicted molar refractivity (Wildman–Crippen MR) is 96.1 cm³/mol. The Kier molecular flexibility index (Phi) is 6.11. The lowest BCUT2D eigenvalue weighted by molar-refractivity contribution is -0.137. The lowest BCUT2D eigenvalue weighted by Gasteiger charge is -2.46. The minimum Gasteiger partial charge on any atom is -0.465 e. The minimum absolute atomic E-state index is 0.107. The first kappa shape index (κ1) is 21.8. The molecule has 0 aliphatic carbocycles. The molecule has 0 saturated carbocycles. The van der Waals surface area contributed by atoms with Crippen LogP contribution in [0.4, 0.5) is 18.0 Å². The molecule has 2 atom stereocenters. The Labute approximate surface area is 161 Å². The van der Waals surface area contributed by atoms with Gasteiger partial charge in [0.05, 0.1) is 18.2 Å². The molecule has 154 valence electrons. The van der Waals surface area contributed by atoms with Gasteiger partial charge in [-0.25, -0.2) is 22.8 Å². The van der Waals surface area contributed by atoms with Gasteiger partial charge in [0.2, 0.25) is 0 Å². The van der Waals surface area contributed by atoms with E-state index < -0.39 is 52.1 Å². The molecule has 1 aliphatic heterocycles. The summed E-state index contributed by atoms with van der Waals surface area (Å²) in [5.74, 6) is -4.01. The summed E-state index contributed by atoms with van der Waals surface area (Å²) in [7, 11) is 0. The first-order valence-corrected chi connectivity index (χ1v) is 8.97. The summed E-state index contributed by atoms with van der Waals surface area (Å²) in [5, 5.41) is 9.91. The smallest absolute Gasteiger partial charge is 0.408 e. The maximum Gasteiger partial charge on any atom is 0.408 e. The number of carbonyl (C=O) groups excluding carboxylic acids is 1. The quantitative estimate of drug-likeness (QED) is 0.582. The molecular formula is C20H24F3NO4. The van der Waals surface area contributed by atoms with Crippen molar-refractivity contribution in [1.29, 1.82) is 0 Å². The third kappa shape index (κ3) is 3.86. The van der Waals surface area contributed by atoms with Gasteiger partial charge in [-0.1, -0.05) is 26.8 Å². The van der Waals surface area contributed by atoms with Crippen molar-refractivity contribution in [3.63, 3.8) is 0 Å². The van der Waals surface area contributed by atoms with Crippen molar-refractivity contribution in [2.75, 3.05) is 6.61 Å². The third-order valence-corrected chi connectivity index (χ3v) is 5.20. The van der Waals surface area contributed by atoms with E-state index in [4.69, 9.17) is 4.74 Å². The van der Waals surface area contributed by atoms with Crippen molar-refractivity contribution >= 4 is 12.1 Å². The fraction of sp³-hybridized carbons (Fsp3) is 0.500. The molecule has 0 radical (unpaired) electrons. The zero-order valence-electron chi connectivity index (χ0n) is 16.3. The van der Waals surface area contributed by atoms with E-state index >= 15 is 0 Å². The molecule has 1 aliphatic rings. The lowest BCUT2D eigenvalue weighted by atomic mass is 9.71. The molecule has 1 amide bonds. The van der Waals surface area contributed by atoms with Crippen molar-refractivity contribution in [3.05, 3.63) is 47.3 Å². The molecule has 8 heteroatoms. The van der Waals surface area contributed by atoms with Crippen LogP contribution in [-0.4, -0.2) is 34.2 Å². The van der Waals surface area contributed by atoms with Crippen molar-refractivity contribution in [3.8, 4) is 0 Å². The number of carbonyl (C=O) groups is 2. The molecule has 1 fully saturated rings. The Morgan fingerprint density at radius 1 is 1.29 bits per heavy atom. The predicted octanol–water partition coefficient (Wildman–Crippen LogP) is 4.82. The van der Waals surface area contributed by atoms with Gasteiger partial charge in [0.25, 0.3) is 0 Å². The lowest BCUT2D eigenvalue weighted by Crippen LogP contribution is -2.54. The largest absolute Gasteiger partial charge is 0.465 e. The standard InChI is InChI=1S/C20H24F3NO4/c1-5-28-16(25)7-9-20(19(2,3)4)8-6-15(24(20)18(26)27)17-13(22)10-12(21)11-14(17)23/h7,9-11,15H,5-6,8H2,1-4H3,(H,26,27)/t15-,20+/m0/s1. The van der Waals surface area contributed by atoms with Crippen LogP contribution in [0, 0.1) is 22.9 Å². The van der Waals surface area contributed by atoms with Crippen molar-refractivity contribution < 1.29 is 32.6 Å². The number of amides is 1. The SMILES string of the molecule is CCOC(=O)C=C[C@@]1(C(C)(C)C)CC[C@@H](c2c(F)cc(F)cc2F)N1C(=O)O. The molecule has 1 heterocycles. The number of ether oxygens (including phenoxy) is 1. The highest BCUT2D eigenvalue weighted by Crippen LogP contribution is 2.52. The normalized spacial score (nSPS) is 22.7.